The van der Waals surface area contributed by atoms with Gasteiger partial charge in [-0.15, -0.1) is 0 Å². The lowest BCUT2D eigenvalue weighted by Gasteiger charge is -2.09. The average Bonchev–Trinajstić information content (AvgIpc) is 2.59. The Morgan fingerprint density at radius 2 is 1.84 bits per heavy atom. The summed E-state index contributed by atoms with van der Waals surface area (Å²) in [6.45, 7) is 5.23. The van der Waals surface area contributed by atoms with Crippen LogP contribution in [0.2, 0.25) is 0 Å². The van der Waals surface area contributed by atoms with E-state index in [0.717, 1.165) is 5.56 Å². The summed E-state index contributed by atoms with van der Waals surface area (Å²) in [6.07, 6.45) is -0.111. The highest BCUT2D eigenvalue weighted by atomic mass is 16.5. The van der Waals surface area contributed by atoms with E-state index >= 15 is 0 Å². The maximum absolute atomic E-state index is 12.1. The molecule has 1 aliphatic carbocycles. The molecule has 0 bridgehead atoms. The molecule has 0 fully saturated rings. The van der Waals surface area contributed by atoms with Crippen LogP contribution in [0.25, 0.3) is 0 Å². The van der Waals surface area contributed by atoms with Crippen LogP contribution in [-0.2, 0) is 9.53 Å². The Hall–Kier alpha value is -1.81. The number of benzene rings is 1. The van der Waals surface area contributed by atoms with Crippen molar-refractivity contribution in [3.05, 3.63) is 34.9 Å². The largest absolute Gasteiger partial charge is 0.371 e. The molecule has 4 nitrogen and oxygen atoms in total. The predicted octanol–water partition coefficient (Wildman–Crippen LogP) is 1.98. The lowest BCUT2D eigenvalue weighted by atomic mass is 9.99. The number of fused-ring (bicyclic) bond motifs is 1. The first-order valence-electron chi connectivity index (χ1n) is 6.25. The lowest BCUT2D eigenvalue weighted by Crippen LogP contribution is -2.29. The van der Waals surface area contributed by atoms with Gasteiger partial charge in [-0.25, -0.2) is 0 Å². The molecule has 100 valence electrons. The molecular weight excluding hydrogens is 244 g/mol. The van der Waals surface area contributed by atoms with Gasteiger partial charge in [0.15, 0.2) is 17.3 Å². The third-order valence-corrected chi connectivity index (χ3v) is 3.11. The SMILES string of the molecule is Cc1ccc2c(c1)C(=O)C(C(=O)COC(C)C)C2=O. The topological polar surface area (TPSA) is 60.4 Å². The molecule has 0 saturated heterocycles. The van der Waals surface area contributed by atoms with Crippen molar-refractivity contribution in [3.63, 3.8) is 0 Å². The minimum atomic E-state index is -1.21. The van der Waals surface area contributed by atoms with Crippen LogP contribution in [0, 0.1) is 12.8 Å². The first-order valence-corrected chi connectivity index (χ1v) is 6.25. The van der Waals surface area contributed by atoms with Gasteiger partial charge in [0, 0.05) is 11.1 Å². The van der Waals surface area contributed by atoms with Crippen molar-refractivity contribution in [1.82, 2.24) is 0 Å². The van der Waals surface area contributed by atoms with E-state index in [1.54, 1.807) is 32.0 Å². The molecule has 2 rings (SSSR count). The quantitative estimate of drug-likeness (QED) is 0.777. The van der Waals surface area contributed by atoms with E-state index in [9.17, 15) is 14.4 Å². The summed E-state index contributed by atoms with van der Waals surface area (Å²) < 4.78 is 5.18. The smallest absolute Gasteiger partial charge is 0.182 e. The maximum Gasteiger partial charge on any atom is 0.182 e. The van der Waals surface area contributed by atoms with E-state index in [1.807, 2.05) is 6.92 Å². The van der Waals surface area contributed by atoms with Crippen molar-refractivity contribution < 1.29 is 19.1 Å². The van der Waals surface area contributed by atoms with Crippen molar-refractivity contribution in [3.8, 4) is 0 Å². The predicted molar refractivity (Wildman–Crippen MR) is 69.4 cm³/mol. The summed E-state index contributed by atoms with van der Waals surface area (Å²) in [4.78, 5) is 36.2. The highest BCUT2D eigenvalue weighted by Crippen LogP contribution is 2.28. The van der Waals surface area contributed by atoms with Crippen LogP contribution in [0.3, 0.4) is 0 Å². The zero-order chi connectivity index (χ0) is 14.2. The molecule has 1 aromatic carbocycles. The van der Waals surface area contributed by atoms with Crippen LogP contribution >= 0.6 is 0 Å². The zero-order valence-corrected chi connectivity index (χ0v) is 11.2. The number of carbonyl (C=O) groups is 3. The highest BCUT2D eigenvalue weighted by Gasteiger charge is 2.42. The Balaban J connectivity index is 2.25. The van der Waals surface area contributed by atoms with Gasteiger partial charge >= 0.3 is 0 Å². The minimum absolute atomic E-state index is 0.111. The molecule has 0 radical (unpaired) electrons. The molecule has 0 aromatic heterocycles. The van der Waals surface area contributed by atoms with Gasteiger partial charge in [-0.3, -0.25) is 14.4 Å². The fourth-order valence-corrected chi connectivity index (χ4v) is 2.13. The second kappa shape index (κ2) is 5.05. The van der Waals surface area contributed by atoms with Crippen molar-refractivity contribution in [2.75, 3.05) is 6.61 Å². The number of ketones is 3. The van der Waals surface area contributed by atoms with Crippen molar-refractivity contribution in [1.29, 1.82) is 0 Å². The van der Waals surface area contributed by atoms with Gasteiger partial charge in [-0.2, -0.15) is 0 Å². The minimum Gasteiger partial charge on any atom is -0.371 e. The van der Waals surface area contributed by atoms with E-state index in [-0.39, 0.29) is 12.7 Å². The van der Waals surface area contributed by atoms with Gasteiger partial charge in [0.1, 0.15) is 12.5 Å². The molecule has 0 N–H and O–H groups in total. The summed E-state index contributed by atoms with van der Waals surface area (Å²) in [6, 6.07) is 5.04. The Kier molecular flexibility index (Phi) is 3.62. The van der Waals surface area contributed by atoms with Crippen molar-refractivity contribution in [2.45, 2.75) is 26.9 Å². The van der Waals surface area contributed by atoms with Gasteiger partial charge in [0.2, 0.25) is 0 Å². The van der Waals surface area contributed by atoms with E-state index in [2.05, 4.69) is 0 Å². The number of hydrogen-bond donors (Lipinski definition) is 0. The number of carbonyl (C=O) groups excluding carboxylic acids is 3. The second-order valence-corrected chi connectivity index (χ2v) is 5.04. The normalized spacial score (nSPS) is 18.0. The summed E-state index contributed by atoms with van der Waals surface area (Å²) in [7, 11) is 0. The molecule has 4 heteroatoms. The standard InChI is InChI=1S/C15H16O4/c1-8(2)19-7-12(16)13-14(17)10-5-4-9(3)6-11(10)15(13)18/h4-6,8,13H,7H2,1-3H3. The molecule has 0 aliphatic heterocycles. The van der Waals surface area contributed by atoms with Crippen LogP contribution in [-0.4, -0.2) is 30.1 Å². The molecule has 0 heterocycles. The van der Waals surface area contributed by atoms with Crippen LogP contribution in [0.4, 0.5) is 0 Å². The van der Waals surface area contributed by atoms with Gasteiger partial charge in [0.05, 0.1) is 6.10 Å². The monoisotopic (exact) mass is 260 g/mol. The molecule has 1 aromatic rings. The fourth-order valence-electron chi connectivity index (χ4n) is 2.13. The van der Waals surface area contributed by atoms with E-state index in [0.29, 0.717) is 11.1 Å². The van der Waals surface area contributed by atoms with Crippen molar-refractivity contribution in [2.24, 2.45) is 5.92 Å². The van der Waals surface area contributed by atoms with Crippen molar-refractivity contribution >= 4 is 17.3 Å². The Morgan fingerprint density at radius 3 is 2.47 bits per heavy atom. The summed E-state index contributed by atoms with van der Waals surface area (Å²) in [5.41, 5.74) is 1.60. The van der Waals surface area contributed by atoms with Crippen LogP contribution in [0.15, 0.2) is 18.2 Å². The molecule has 1 unspecified atom stereocenters. The number of hydrogen-bond acceptors (Lipinski definition) is 4. The highest BCUT2D eigenvalue weighted by molar-refractivity contribution is 6.35. The summed E-state index contributed by atoms with van der Waals surface area (Å²) in [5.74, 6) is -2.48. The molecule has 1 atom stereocenters. The first-order chi connectivity index (χ1) is 8.91. The molecule has 0 saturated carbocycles. The Morgan fingerprint density at radius 1 is 1.21 bits per heavy atom. The van der Waals surface area contributed by atoms with Gasteiger partial charge in [0.25, 0.3) is 0 Å². The maximum atomic E-state index is 12.1. The molecular formula is C15H16O4. The summed E-state index contributed by atoms with van der Waals surface area (Å²) >= 11 is 0. The molecule has 1 aliphatic rings. The van der Waals surface area contributed by atoms with E-state index in [4.69, 9.17) is 4.74 Å². The first kappa shape index (κ1) is 13.6. The third kappa shape index (κ3) is 2.49. The van der Waals surface area contributed by atoms with Gasteiger partial charge < -0.3 is 4.74 Å². The summed E-state index contributed by atoms with van der Waals surface area (Å²) in [5, 5.41) is 0. The van der Waals surface area contributed by atoms with E-state index in [1.165, 1.54) is 0 Å². The van der Waals surface area contributed by atoms with Crippen LogP contribution < -0.4 is 0 Å². The van der Waals surface area contributed by atoms with Gasteiger partial charge in [-0.1, -0.05) is 17.7 Å². The molecule has 0 spiro atoms. The fraction of sp³-hybridized carbons (Fsp3) is 0.400. The van der Waals surface area contributed by atoms with Crippen LogP contribution in [0.5, 0.6) is 0 Å². The molecule has 0 amide bonds. The Bertz CT molecular complexity index is 557. The molecule has 19 heavy (non-hydrogen) atoms. The van der Waals surface area contributed by atoms with Crippen LogP contribution in [0.1, 0.15) is 40.1 Å². The lowest BCUT2D eigenvalue weighted by molar-refractivity contribution is -0.126. The van der Waals surface area contributed by atoms with E-state index < -0.39 is 23.3 Å². The number of rotatable bonds is 4. The second-order valence-electron chi connectivity index (χ2n) is 5.04. The number of ether oxygens (including phenoxy) is 1. The number of Topliss-reactive ketones (excluding diaryl/α,β-unsaturated/α-hetero) is 3. The number of aryl methyl sites for hydroxylation is 1. The van der Waals surface area contributed by atoms with Gasteiger partial charge in [-0.05, 0) is 26.8 Å². The third-order valence-electron chi connectivity index (χ3n) is 3.11. The zero-order valence-electron chi connectivity index (χ0n) is 11.2. The average molecular weight is 260 g/mol. The Labute approximate surface area is 111 Å².